The standard InChI is InChI=1S/C17H26O3/c1-12(2)9-10-14(11-13(3)4)20-17(19)15-7-5-6-8-16(15)18/h5-8,12-14,18H,9-11H2,1-4H3. The van der Waals surface area contributed by atoms with Crippen LogP contribution in [0.3, 0.4) is 0 Å². The molecule has 0 amide bonds. The number of hydrogen-bond donors (Lipinski definition) is 1. The molecule has 0 spiro atoms. The van der Waals surface area contributed by atoms with E-state index in [4.69, 9.17) is 4.74 Å². The molecule has 112 valence electrons. The number of phenolic OH excluding ortho intramolecular Hbond substituents is 1. The molecule has 1 atom stereocenters. The zero-order valence-electron chi connectivity index (χ0n) is 12.9. The van der Waals surface area contributed by atoms with Gasteiger partial charge in [-0.3, -0.25) is 0 Å². The lowest BCUT2D eigenvalue weighted by atomic mass is 9.98. The van der Waals surface area contributed by atoms with Crippen LogP contribution < -0.4 is 0 Å². The molecule has 20 heavy (non-hydrogen) atoms. The number of rotatable bonds is 7. The molecule has 1 rings (SSSR count). The third-order valence-corrected chi connectivity index (χ3v) is 3.20. The van der Waals surface area contributed by atoms with Crippen molar-refractivity contribution in [3.05, 3.63) is 29.8 Å². The van der Waals surface area contributed by atoms with Crippen molar-refractivity contribution in [2.45, 2.75) is 53.1 Å². The summed E-state index contributed by atoms with van der Waals surface area (Å²) in [5.41, 5.74) is 0.241. The Morgan fingerprint density at radius 2 is 1.75 bits per heavy atom. The second-order valence-corrected chi connectivity index (χ2v) is 6.15. The van der Waals surface area contributed by atoms with Gasteiger partial charge in [0, 0.05) is 0 Å². The number of ether oxygens (including phenoxy) is 1. The molecule has 0 aromatic heterocycles. The zero-order valence-corrected chi connectivity index (χ0v) is 12.9. The fourth-order valence-corrected chi connectivity index (χ4v) is 2.13. The van der Waals surface area contributed by atoms with E-state index in [-0.39, 0.29) is 17.4 Å². The minimum atomic E-state index is -0.433. The van der Waals surface area contributed by atoms with E-state index in [1.807, 2.05) is 0 Å². The molecule has 0 fully saturated rings. The Morgan fingerprint density at radius 3 is 2.30 bits per heavy atom. The van der Waals surface area contributed by atoms with Crippen molar-refractivity contribution in [3.63, 3.8) is 0 Å². The van der Waals surface area contributed by atoms with Crippen LogP contribution in [0, 0.1) is 11.8 Å². The first-order valence-electron chi connectivity index (χ1n) is 7.39. The van der Waals surface area contributed by atoms with Crippen molar-refractivity contribution in [2.24, 2.45) is 11.8 Å². The molecule has 0 radical (unpaired) electrons. The summed E-state index contributed by atoms with van der Waals surface area (Å²) in [5, 5.41) is 9.69. The zero-order chi connectivity index (χ0) is 15.1. The predicted octanol–water partition coefficient (Wildman–Crippen LogP) is 4.40. The maximum Gasteiger partial charge on any atom is 0.342 e. The van der Waals surface area contributed by atoms with Crippen LogP contribution in [0.25, 0.3) is 0 Å². The number of hydrogen-bond acceptors (Lipinski definition) is 3. The number of phenols is 1. The van der Waals surface area contributed by atoms with Gasteiger partial charge in [0.1, 0.15) is 17.4 Å². The third-order valence-electron chi connectivity index (χ3n) is 3.20. The molecule has 1 unspecified atom stereocenters. The van der Waals surface area contributed by atoms with Gasteiger partial charge in [0.15, 0.2) is 0 Å². The highest BCUT2D eigenvalue weighted by Crippen LogP contribution is 2.21. The van der Waals surface area contributed by atoms with E-state index < -0.39 is 5.97 Å². The van der Waals surface area contributed by atoms with Crippen LogP contribution in [-0.4, -0.2) is 17.2 Å². The Kier molecular flexibility index (Phi) is 6.56. The normalized spacial score (nSPS) is 12.7. The summed E-state index contributed by atoms with van der Waals surface area (Å²) in [6.45, 7) is 8.57. The molecular weight excluding hydrogens is 252 g/mol. The number of carbonyl (C=O) groups is 1. The van der Waals surface area contributed by atoms with Crippen molar-refractivity contribution in [1.82, 2.24) is 0 Å². The lowest BCUT2D eigenvalue weighted by Crippen LogP contribution is -2.21. The van der Waals surface area contributed by atoms with Crippen molar-refractivity contribution < 1.29 is 14.6 Å². The Morgan fingerprint density at radius 1 is 1.10 bits per heavy atom. The molecule has 1 aromatic carbocycles. The van der Waals surface area contributed by atoms with Gasteiger partial charge >= 0.3 is 5.97 Å². The number of aromatic hydroxyl groups is 1. The van der Waals surface area contributed by atoms with Gasteiger partial charge in [-0.05, 0) is 43.2 Å². The average Bonchev–Trinajstić information content (AvgIpc) is 2.35. The molecule has 0 saturated heterocycles. The first-order chi connectivity index (χ1) is 9.40. The van der Waals surface area contributed by atoms with Gasteiger partial charge < -0.3 is 9.84 Å². The van der Waals surface area contributed by atoms with Crippen LogP contribution in [0.5, 0.6) is 5.75 Å². The molecule has 0 bridgehead atoms. The van der Waals surface area contributed by atoms with Crippen LogP contribution in [0.4, 0.5) is 0 Å². The highest BCUT2D eigenvalue weighted by Gasteiger charge is 2.19. The second kappa shape index (κ2) is 7.93. The summed E-state index contributed by atoms with van der Waals surface area (Å²) in [6, 6.07) is 6.51. The van der Waals surface area contributed by atoms with Crippen LogP contribution in [0.2, 0.25) is 0 Å². The SMILES string of the molecule is CC(C)CCC(CC(C)C)OC(=O)c1ccccc1O. The summed E-state index contributed by atoms with van der Waals surface area (Å²) in [7, 11) is 0. The smallest absolute Gasteiger partial charge is 0.342 e. The minimum absolute atomic E-state index is 0.0235. The average molecular weight is 278 g/mol. The first-order valence-corrected chi connectivity index (χ1v) is 7.39. The Bertz CT molecular complexity index is 424. The highest BCUT2D eigenvalue weighted by molar-refractivity contribution is 5.92. The molecule has 0 heterocycles. The number of para-hydroxylation sites is 1. The largest absolute Gasteiger partial charge is 0.507 e. The summed E-state index contributed by atoms with van der Waals surface area (Å²) >= 11 is 0. The van der Waals surface area contributed by atoms with Crippen LogP contribution in [0.1, 0.15) is 57.3 Å². The van der Waals surface area contributed by atoms with Crippen molar-refractivity contribution in [1.29, 1.82) is 0 Å². The van der Waals surface area contributed by atoms with Gasteiger partial charge in [-0.2, -0.15) is 0 Å². The van der Waals surface area contributed by atoms with E-state index in [1.165, 1.54) is 6.07 Å². The highest BCUT2D eigenvalue weighted by atomic mass is 16.5. The van der Waals surface area contributed by atoms with Gasteiger partial charge in [0.2, 0.25) is 0 Å². The fourth-order valence-electron chi connectivity index (χ4n) is 2.13. The van der Waals surface area contributed by atoms with Crippen molar-refractivity contribution in [2.75, 3.05) is 0 Å². The summed E-state index contributed by atoms with van der Waals surface area (Å²) in [5.74, 6) is 0.611. The molecule has 3 nitrogen and oxygen atoms in total. The Hall–Kier alpha value is -1.51. The molecule has 0 aliphatic heterocycles. The quantitative estimate of drug-likeness (QED) is 0.752. The summed E-state index contributed by atoms with van der Waals surface area (Å²) < 4.78 is 5.58. The number of benzene rings is 1. The molecule has 0 aliphatic rings. The minimum Gasteiger partial charge on any atom is -0.507 e. The van der Waals surface area contributed by atoms with Gasteiger partial charge in [0.25, 0.3) is 0 Å². The molecule has 1 aromatic rings. The van der Waals surface area contributed by atoms with E-state index in [0.29, 0.717) is 11.8 Å². The number of esters is 1. The van der Waals surface area contributed by atoms with E-state index in [9.17, 15) is 9.90 Å². The van der Waals surface area contributed by atoms with Crippen molar-refractivity contribution >= 4 is 5.97 Å². The molecule has 1 N–H and O–H groups in total. The molecular formula is C17H26O3. The van der Waals surface area contributed by atoms with Crippen molar-refractivity contribution in [3.8, 4) is 5.75 Å². The van der Waals surface area contributed by atoms with E-state index >= 15 is 0 Å². The Labute approximate surface area is 122 Å². The van der Waals surface area contributed by atoms with Gasteiger partial charge in [-0.15, -0.1) is 0 Å². The lowest BCUT2D eigenvalue weighted by Gasteiger charge is -2.21. The summed E-state index contributed by atoms with van der Waals surface area (Å²) in [6.07, 6.45) is 2.68. The van der Waals surface area contributed by atoms with E-state index in [1.54, 1.807) is 18.2 Å². The monoisotopic (exact) mass is 278 g/mol. The van der Waals surface area contributed by atoms with Crippen LogP contribution >= 0.6 is 0 Å². The molecule has 0 aliphatic carbocycles. The predicted molar refractivity (Wildman–Crippen MR) is 80.8 cm³/mol. The third kappa shape index (κ3) is 5.64. The molecule has 3 heteroatoms. The topological polar surface area (TPSA) is 46.5 Å². The Balaban J connectivity index is 2.68. The van der Waals surface area contributed by atoms with Gasteiger partial charge in [-0.25, -0.2) is 4.79 Å². The fraction of sp³-hybridized carbons (Fsp3) is 0.588. The van der Waals surface area contributed by atoms with Gasteiger partial charge in [0.05, 0.1) is 0 Å². The van der Waals surface area contributed by atoms with E-state index in [2.05, 4.69) is 27.7 Å². The number of carbonyl (C=O) groups excluding carboxylic acids is 1. The second-order valence-electron chi connectivity index (χ2n) is 6.15. The maximum absolute atomic E-state index is 12.1. The van der Waals surface area contributed by atoms with Crippen LogP contribution in [0.15, 0.2) is 24.3 Å². The van der Waals surface area contributed by atoms with E-state index in [0.717, 1.165) is 19.3 Å². The molecule has 0 saturated carbocycles. The van der Waals surface area contributed by atoms with Gasteiger partial charge in [-0.1, -0.05) is 39.8 Å². The maximum atomic E-state index is 12.1. The lowest BCUT2D eigenvalue weighted by molar-refractivity contribution is 0.0215. The first kappa shape index (κ1) is 16.5. The van der Waals surface area contributed by atoms with Crippen LogP contribution in [-0.2, 0) is 4.74 Å². The summed E-state index contributed by atoms with van der Waals surface area (Å²) in [4.78, 5) is 12.1.